The lowest BCUT2D eigenvalue weighted by Crippen LogP contribution is -2.52. The van der Waals surface area contributed by atoms with E-state index in [1.807, 2.05) is 78.9 Å². The second-order valence-corrected chi connectivity index (χ2v) is 10.9. The maximum absolute atomic E-state index is 13.8. The molecule has 0 saturated heterocycles. The molecular weight excluding hydrogens is 528 g/mol. The zero-order valence-corrected chi connectivity index (χ0v) is 23.7. The van der Waals surface area contributed by atoms with Crippen LogP contribution in [0.3, 0.4) is 0 Å². The SMILES string of the molecule is CC(C)CNC(=O)[C@@H](Cc1ccccc1)N(Cc1cccc(Br)c1)C(=O)COc1ccccc1C(C)C. The number of benzene rings is 3. The van der Waals surface area contributed by atoms with E-state index in [9.17, 15) is 9.59 Å². The fraction of sp³-hybridized carbons (Fsp3) is 0.355. The lowest BCUT2D eigenvalue weighted by atomic mass is 10.0. The third-order valence-corrected chi connectivity index (χ3v) is 6.58. The summed E-state index contributed by atoms with van der Waals surface area (Å²) in [5.74, 6) is 0.850. The number of halogens is 1. The van der Waals surface area contributed by atoms with Gasteiger partial charge in [0.2, 0.25) is 5.91 Å². The molecule has 0 aliphatic heterocycles. The Balaban J connectivity index is 1.92. The molecule has 6 heteroatoms. The fourth-order valence-electron chi connectivity index (χ4n) is 4.12. The number of rotatable bonds is 12. The minimum Gasteiger partial charge on any atom is -0.483 e. The zero-order chi connectivity index (χ0) is 26.8. The smallest absolute Gasteiger partial charge is 0.261 e. The number of amides is 2. The number of nitrogens with one attached hydrogen (secondary N) is 1. The molecule has 0 bridgehead atoms. The summed E-state index contributed by atoms with van der Waals surface area (Å²) in [6, 6.07) is 24.7. The number of hydrogen-bond donors (Lipinski definition) is 1. The van der Waals surface area contributed by atoms with Crippen molar-refractivity contribution in [1.29, 1.82) is 0 Å². The standard InChI is InChI=1S/C31H37BrN2O3/c1-22(2)19-33-31(36)28(18-24-11-6-5-7-12-24)34(20-25-13-10-14-26(32)17-25)30(35)21-37-29-16-9-8-15-27(29)23(3)4/h5-17,22-23,28H,18-21H2,1-4H3,(H,33,36)/t28-/m1/s1. The van der Waals surface area contributed by atoms with Crippen molar-refractivity contribution >= 4 is 27.7 Å². The van der Waals surface area contributed by atoms with Crippen molar-refractivity contribution in [1.82, 2.24) is 10.2 Å². The summed E-state index contributed by atoms with van der Waals surface area (Å²) in [6.07, 6.45) is 0.410. The fourth-order valence-corrected chi connectivity index (χ4v) is 4.57. The van der Waals surface area contributed by atoms with Gasteiger partial charge < -0.3 is 15.0 Å². The van der Waals surface area contributed by atoms with Gasteiger partial charge in [0, 0.05) is 24.0 Å². The summed E-state index contributed by atoms with van der Waals surface area (Å²) in [4.78, 5) is 28.9. The van der Waals surface area contributed by atoms with Gasteiger partial charge in [0.1, 0.15) is 11.8 Å². The Bertz CT molecular complexity index is 1160. The van der Waals surface area contributed by atoms with E-state index >= 15 is 0 Å². The molecule has 196 valence electrons. The minimum atomic E-state index is -0.684. The summed E-state index contributed by atoms with van der Waals surface area (Å²) in [7, 11) is 0. The van der Waals surface area contributed by atoms with Gasteiger partial charge in [-0.15, -0.1) is 0 Å². The summed E-state index contributed by atoms with van der Waals surface area (Å²) < 4.78 is 6.97. The number of ether oxygens (including phenoxy) is 1. The number of carbonyl (C=O) groups excluding carboxylic acids is 2. The second kappa shape index (κ2) is 14.0. The van der Waals surface area contributed by atoms with Crippen LogP contribution in [0.4, 0.5) is 0 Å². The maximum Gasteiger partial charge on any atom is 0.261 e. The highest BCUT2D eigenvalue weighted by Gasteiger charge is 2.31. The third kappa shape index (κ3) is 8.74. The van der Waals surface area contributed by atoms with Crippen LogP contribution in [0.15, 0.2) is 83.3 Å². The first-order valence-electron chi connectivity index (χ1n) is 12.8. The van der Waals surface area contributed by atoms with Gasteiger partial charge in [-0.25, -0.2) is 0 Å². The lowest BCUT2D eigenvalue weighted by molar-refractivity contribution is -0.142. The van der Waals surface area contributed by atoms with Gasteiger partial charge in [-0.05, 0) is 46.7 Å². The van der Waals surface area contributed by atoms with Crippen LogP contribution in [-0.2, 0) is 22.6 Å². The predicted molar refractivity (Wildman–Crippen MR) is 152 cm³/mol. The first kappa shape index (κ1) is 28.5. The molecule has 0 aliphatic rings. The van der Waals surface area contributed by atoms with Crippen molar-refractivity contribution in [3.05, 3.63) is 100 Å². The van der Waals surface area contributed by atoms with Gasteiger partial charge in [-0.1, -0.05) is 104 Å². The Morgan fingerprint density at radius 1 is 0.892 bits per heavy atom. The molecule has 3 rings (SSSR count). The van der Waals surface area contributed by atoms with E-state index in [1.165, 1.54) is 0 Å². The topological polar surface area (TPSA) is 58.6 Å². The van der Waals surface area contributed by atoms with Gasteiger partial charge in [0.25, 0.3) is 5.91 Å². The molecule has 0 spiro atoms. The molecule has 0 aliphatic carbocycles. The molecule has 3 aromatic carbocycles. The predicted octanol–water partition coefficient (Wildman–Crippen LogP) is 6.36. The van der Waals surface area contributed by atoms with Crippen LogP contribution >= 0.6 is 15.9 Å². The van der Waals surface area contributed by atoms with Crippen molar-refractivity contribution < 1.29 is 14.3 Å². The van der Waals surface area contributed by atoms with Crippen LogP contribution in [0.25, 0.3) is 0 Å². The average molecular weight is 566 g/mol. The highest BCUT2D eigenvalue weighted by Crippen LogP contribution is 2.26. The van der Waals surface area contributed by atoms with Gasteiger partial charge >= 0.3 is 0 Å². The number of para-hydroxylation sites is 1. The zero-order valence-electron chi connectivity index (χ0n) is 22.1. The van der Waals surface area contributed by atoms with Crippen molar-refractivity contribution in [2.24, 2.45) is 5.92 Å². The van der Waals surface area contributed by atoms with Crippen LogP contribution in [-0.4, -0.2) is 35.9 Å². The number of nitrogens with zero attached hydrogens (tertiary/aromatic N) is 1. The summed E-state index contributed by atoms with van der Waals surface area (Å²) in [6.45, 7) is 8.98. The molecule has 0 radical (unpaired) electrons. The number of carbonyl (C=O) groups is 2. The van der Waals surface area contributed by atoms with Crippen molar-refractivity contribution in [3.63, 3.8) is 0 Å². The summed E-state index contributed by atoms with van der Waals surface area (Å²) in [5, 5.41) is 3.05. The molecule has 0 heterocycles. The van der Waals surface area contributed by atoms with Gasteiger partial charge in [0.05, 0.1) is 0 Å². The minimum absolute atomic E-state index is 0.152. The molecule has 0 saturated carbocycles. The molecule has 2 amide bonds. The Morgan fingerprint density at radius 2 is 1.57 bits per heavy atom. The van der Waals surface area contributed by atoms with Crippen molar-refractivity contribution in [2.45, 2.75) is 52.6 Å². The maximum atomic E-state index is 13.8. The normalized spacial score (nSPS) is 11.9. The molecule has 1 N–H and O–H groups in total. The molecule has 37 heavy (non-hydrogen) atoms. The Kier molecular flexibility index (Phi) is 10.8. The molecule has 5 nitrogen and oxygen atoms in total. The van der Waals surface area contributed by atoms with E-state index in [1.54, 1.807) is 4.90 Å². The molecule has 0 aromatic heterocycles. The van der Waals surface area contributed by atoms with Crippen LogP contribution in [0, 0.1) is 5.92 Å². The molecule has 3 aromatic rings. The first-order chi connectivity index (χ1) is 17.7. The quantitative estimate of drug-likeness (QED) is 0.278. The Labute approximate surface area is 229 Å². The van der Waals surface area contributed by atoms with E-state index in [4.69, 9.17) is 4.74 Å². The average Bonchev–Trinajstić information content (AvgIpc) is 2.88. The van der Waals surface area contributed by atoms with Crippen molar-refractivity contribution in [2.75, 3.05) is 13.2 Å². The number of hydrogen-bond acceptors (Lipinski definition) is 3. The van der Waals surface area contributed by atoms with Gasteiger partial charge in [-0.2, -0.15) is 0 Å². The summed E-state index contributed by atoms with van der Waals surface area (Å²) in [5.41, 5.74) is 2.97. The molecule has 1 atom stereocenters. The third-order valence-electron chi connectivity index (χ3n) is 6.09. The van der Waals surface area contributed by atoms with Crippen molar-refractivity contribution in [3.8, 4) is 5.75 Å². The first-order valence-corrected chi connectivity index (χ1v) is 13.6. The Morgan fingerprint density at radius 3 is 2.24 bits per heavy atom. The van der Waals surface area contributed by atoms with Gasteiger partial charge in [0.15, 0.2) is 6.61 Å². The highest BCUT2D eigenvalue weighted by atomic mass is 79.9. The largest absolute Gasteiger partial charge is 0.483 e. The van der Waals surface area contributed by atoms with E-state index in [0.29, 0.717) is 31.2 Å². The van der Waals surface area contributed by atoms with E-state index in [2.05, 4.69) is 48.9 Å². The van der Waals surface area contributed by atoms with Crippen LogP contribution < -0.4 is 10.1 Å². The molecular formula is C31H37BrN2O3. The van der Waals surface area contributed by atoms with Crippen LogP contribution in [0.5, 0.6) is 5.75 Å². The van der Waals surface area contributed by atoms with Crippen LogP contribution in [0.1, 0.15) is 50.3 Å². The van der Waals surface area contributed by atoms with E-state index in [0.717, 1.165) is 21.2 Å². The summed E-state index contributed by atoms with van der Waals surface area (Å²) >= 11 is 3.53. The molecule has 0 fully saturated rings. The highest BCUT2D eigenvalue weighted by molar-refractivity contribution is 9.10. The monoisotopic (exact) mass is 564 g/mol. The van der Waals surface area contributed by atoms with E-state index in [-0.39, 0.29) is 24.3 Å². The molecule has 0 unspecified atom stereocenters. The van der Waals surface area contributed by atoms with Crippen LogP contribution in [0.2, 0.25) is 0 Å². The lowest BCUT2D eigenvalue weighted by Gasteiger charge is -2.32. The second-order valence-electron chi connectivity index (χ2n) is 9.98. The Hall–Kier alpha value is -3.12. The van der Waals surface area contributed by atoms with Gasteiger partial charge in [-0.3, -0.25) is 9.59 Å². The van der Waals surface area contributed by atoms with E-state index < -0.39 is 6.04 Å².